The van der Waals surface area contributed by atoms with Crippen LogP contribution in [0, 0.1) is 0 Å². The molecule has 2 heterocycles. The van der Waals surface area contributed by atoms with Gasteiger partial charge in [0.2, 0.25) is 5.82 Å². The van der Waals surface area contributed by atoms with E-state index in [0.717, 1.165) is 16.9 Å². The zero-order chi connectivity index (χ0) is 21.3. The number of thiophene rings is 1. The average Bonchev–Trinajstić information content (AvgIpc) is 3.39. The van der Waals surface area contributed by atoms with Crippen molar-refractivity contribution in [3.05, 3.63) is 70.6 Å². The second kappa shape index (κ2) is 8.02. The molecule has 0 saturated carbocycles. The first kappa shape index (κ1) is 20.3. The SMILES string of the molecule is CC(=O)c1ccc(NS(=O)(=O)c2cc(-c3nc(-c4ccc(Cl)cc4)no3)cs2)cc1. The summed E-state index contributed by atoms with van der Waals surface area (Å²) in [5.41, 5.74) is 2.09. The molecule has 4 rings (SSSR count). The number of hydrogen-bond acceptors (Lipinski definition) is 7. The number of carbonyl (C=O) groups excluding carboxylic acids is 1. The lowest BCUT2D eigenvalue weighted by Crippen LogP contribution is -2.11. The summed E-state index contributed by atoms with van der Waals surface area (Å²) in [7, 11) is -3.80. The molecule has 0 fully saturated rings. The third-order valence-corrected chi connectivity index (χ3v) is 7.23. The largest absolute Gasteiger partial charge is 0.334 e. The minimum absolute atomic E-state index is 0.0927. The van der Waals surface area contributed by atoms with Crippen LogP contribution in [0.15, 0.2) is 68.7 Å². The van der Waals surface area contributed by atoms with Crippen molar-refractivity contribution < 1.29 is 17.7 Å². The summed E-state index contributed by atoms with van der Waals surface area (Å²) in [5.74, 6) is 0.495. The summed E-state index contributed by atoms with van der Waals surface area (Å²) in [6, 6.07) is 14.7. The molecule has 7 nitrogen and oxygen atoms in total. The molecule has 0 aliphatic rings. The van der Waals surface area contributed by atoms with Gasteiger partial charge in [-0.1, -0.05) is 16.8 Å². The maximum absolute atomic E-state index is 12.7. The predicted octanol–water partition coefficient (Wildman–Crippen LogP) is 5.12. The van der Waals surface area contributed by atoms with Gasteiger partial charge in [0.25, 0.3) is 15.9 Å². The highest BCUT2D eigenvalue weighted by Gasteiger charge is 2.20. The molecule has 0 aliphatic heterocycles. The number of aromatic nitrogens is 2. The summed E-state index contributed by atoms with van der Waals surface area (Å²) in [4.78, 5) is 15.7. The van der Waals surface area contributed by atoms with Crippen LogP contribution in [0.5, 0.6) is 0 Å². The maximum atomic E-state index is 12.7. The van der Waals surface area contributed by atoms with Crippen molar-refractivity contribution in [1.29, 1.82) is 0 Å². The zero-order valence-corrected chi connectivity index (χ0v) is 17.9. The number of anilines is 1. The molecule has 2 aromatic heterocycles. The van der Waals surface area contributed by atoms with Crippen LogP contribution < -0.4 is 4.72 Å². The number of hydrogen-bond donors (Lipinski definition) is 1. The monoisotopic (exact) mass is 459 g/mol. The Hall–Kier alpha value is -3.01. The maximum Gasteiger partial charge on any atom is 0.271 e. The number of carbonyl (C=O) groups is 1. The Balaban J connectivity index is 1.54. The number of sulfonamides is 1. The van der Waals surface area contributed by atoms with Gasteiger partial charge in [-0.2, -0.15) is 4.98 Å². The van der Waals surface area contributed by atoms with Gasteiger partial charge in [0.15, 0.2) is 5.78 Å². The number of Topliss-reactive ketones (excluding diaryl/α,β-unsaturated/α-hetero) is 1. The lowest BCUT2D eigenvalue weighted by molar-refractivity contribution is 0.101. The number of ketones is 1. The smallest absolute Gasteiger partial charge is 0.271 e. The molecule has 0 saturated heterocycles. The molecule has 10 heteroatoms. The van der Waals surface area contributed by atoms with Crippen molar-refractivity contribution in [3.8, 4) is 22.8 Å². The molecule has 152 valence electrons. The lowest BCUT2D eigenvalue weighted by atomic mass is 10.1. The Kier molecular flexibility index (Phi) is 5.42. The van der Waals surface area contributed by atoms with Crippen LogP contribution in [0.2, 0.25) is 5.02 Å². The Bertz CT molecular complexity index is 1310. The average molecular weight is 460 g/mol. The Morgan fingerprint density at radius 3 is 2.43 bits per heavy atom. The first-order chi connectivity index (χ1) is 14.3. The topological polar surface area (TPSA) is 102 Å². The van der Waals surface area contributed by atoms with Crippen molar-refractivity contribution in [1.82, 2.24) is 10.1 Å². The van der Waals surface area contributed by atoms with Crippen LogP contribution in [-0.2, 0) is 10.0 Å². The molecule has 0 atom stereocenters. The molecule has 0 unspecified atom stereocenters. The van der Waals surface area contributed by atoms with Crippen molar-refractivity contribution in [2.75, 3.05) is 4.72 Å². The normalized spacial score (nSPS) is 11.4. The zero-order valence-electron chi connectivity index (χ0n) is 15.5. The second-order valence-electron chi connectivity index (χ2n) is 6.32. The summed E-state index contributed by atoms with van der Waals surface area (Å²) in [6.07, 6.45) is 0. The number of halogens is 1. The van der Waals surface area contributed by atoms with Crippen molar-refractivity contribution in [3.63, 3.8) is 0 Å². The highest BCUT2D eigenvalue weighted by Crippen LogP contribution is 2.30. The highest BCUT2D eigenvalue weighted by molar-refractivity contribution is 7.94. The van der Waals surface area contributed by atoms with Crippen LogP contribution in [0.3, 0.4) is 0 Å². The summed E-state index contributed by atoms with van der Waals surface area (Å²) < 4.78 is 33.2. The van der Waals surface area contributed by atoms with E-state index in [1.54, 1.807) is 53.9 Å². The molecule has 4 aromatic rings. The molecule has 2 aromatic carbocycles. The standard InChI is InChI=1S/C20H14ClN3O4S2/c1-12(25)13-4-8-17(9-5-13)24-30(26,27)18-10-15(11-29-18)20-22-19(23-28-20)14-2-6-16(21)7-3-14/h2-11,24H,1H3. The van der Waals surface area contributed by atoms with Crippen molar-refractivity contribution in [2.45, 2.75) is 11.1 Å². The molecule has 0 amide bonds. The van der Waals surface area contributed by atoms with E-state index in [0.29, 0.717) is 27.7 Å². The van der Waals surface area contributed by atoms with Gasteiger partial charge in [-0.25, -0.2) is 8.42 Å². The summed E-state index contributed by atoms with van der Waals surface area (Å²) in [5, 5.41) is 6.16. The van der Waals surface area contributed by atoms with Crippen LogP contribution >= 0.6 is 22.9 Å². The fourth-order valence-corrected chi connectivity index (χ4v) is 4.94. The summed E-state index contributed by atoms with van der Waals surface area (Å²) >= 11 is 6.92. The number of nitrogens with zero attached hydrogens (tertiary/aromatic N) is 2. The van der Waals surface area contributed by atoms with Crippen LogP contribution in [0.4, 0.5) is 5.69 Å². The van der Waals surface area contributed by atoms with E-state index in [-0.39, 0.29) is 15.9 Å². The van der Waals surface area contributed by atoms with Crippen LogP contribution in [0.25, 0.3) is 22.8 Å². The van der Waals surface area contributed by atoms with Crippen LogP contribution in [-0.4, -0.2) is 24.3 Å². The third-order valence-electron chi connectivity index (χ3n) is 4.16. The quantitative estimate of drug-likeness (QED) is 0.401. The van der Waals surface area contributed by atoms with Gasteiger partial charge in [-0.3, -0.25) is 9.52 Å². The molecule has 30 heavy (non-hydrogen) atoms. The third kappa shape index (κ3) is 4.28. The molecular weight excluding hydrogens is 446 g/mol. The van der Waals surface area contributed by atoms with Gasteiger partial charge in [0.1, 0.15) is 4.21 Å². The van der Waals surface area contributed by atoms with E-state index in [9.17, 15) is 13.2 Å². The second-order valence-corrected chi connectivity index (χ2v) is 9.58. The van der Waals surface area contributed by atoms with E-state index >= 15 is 0 Å². The molecule has 0 bridgehead atoms. The van der Waals surface area contributed by atoms with E-state index in [1.807, 2.05) is 0 Å². The van der Waals surface area contributed by atoms with E-state index in [4.69, 9.17) is 16.1 Å². The summed E-state index contributed by atoms with van der Waals surface area (Å²) in [6.45, 7) is 1.45. The number of rotatable bonds is 6. The molecule has 0 spiro atoms. The first-order valence-corrected chi connectivity index (χ1v) is 11.4. The predicted molar refractivity (Wildman–Crippen MR) is 115 cm³/mol. The minimum Gasteiger partial charge on any atom is -0.334 e. The van der Waals surface area contributed by atoms with E-state index in [2.05, 4.69) is 14.9 Å². The van der Waals surface area contributed by atoms with Crippen molar-refractivity contribution in [2.24, 2.45) is 0 Å². The molecular formula is C20H14ClN3O4S2. The number of benzene rings is 2. The fraction of sp³-hybridized carbons (Fsp3) is 0.0500. The molecule has 0 aliphatic carbocycles. The van der Waals surface area contributed by atoms with Gasteiger partial charge in [0.05, 0.1) is 5.56 Å². The van der Waals surface area contributed by atoms with Crippen LogP contribution in [0.1, 0.15) is 17.3 Å². The van der Waals surface area contributed by atoms with Gasteiger partial charge in [-0.15, -0.1) is 11.3 Å². The molecule has 0 radical (unpaired) electrons. The van der Waals surface area contributed by atoms with E-state index < -0.39 is 10.0 Å². The van der Waals surface area contributed by atoms with E-state index in [1.165, 1.54) is 13.0 Å². The lowest BCUT2D eigenvalue weighted by Gasteiger charge is -2.06. The number of nitrogens with one attached hydrogen (secondary N) is 1. The molecule has 1 N–H and O–H groups in total. The van der Waals surface area contributed by atoms with Gasteiger partial charge >= 0.3 is 0 Å². The van der Waals surface area contributed by atoms with Gasteiger partial charge < -0.3 is 4.52 Å². The Morgan fingerprint density at radius 1 is 1.07 bits per heavy atom. The first-order valence-electron chi connectivity index (χ1n) is 8.64. The van der Waals surface area contributed by atoms with Crippen molar-refractivity contribution >= 4 is 44.4 Å². The Labute approximate surface area is 181 Å². The minimum atomic E-state index is -3.80. The highest BCUT2D eigenvalue weighted by atomic mass is 35.5. The fourth-order valence-electron chi connectivity index (χ4n) is 2.61. The van der Waals surface area contributed by atoms with Gasteiger partial charge in [-0.05, 0) is 61.5 Å². The Morgan fingerprint density at radius 2 is 1.77 bits per heavy atom. The van der Waals surface area contributed by atoms with Gasteiger partial charge in [0, 0.05) is 27.2 Å².